The molecule has 0 aromatic carbocycles. The Hall–Kier alpha value is -1.43. The van der Waals surface area contributed by atoms with E-state index in [2.05, 4.69) is 26.9 Å². The molecule has 3 N–H and O–H groups in total. The fraction of sp³-hybridized carbons (Fsp3) is 0.769. The van der Waals surface area contributed by atoms with Crippen LogP contribution in [0.3, 0.4) is 0 Å². The standard InChI is InChI=1S/C13H22N4O2/c1-10-2-5-13(8-14,6-3-10)12(18)15-7-4-11-16-9-19-17-11/h9-10H,2-8,14H2,1H3,(H,15,18). The van der Waals surface area contributed by atoms with Gasteiger partial charge in [0.25, 0.3) is 0 Å². The number of hydrogen-bond acceptors (Lipinski definition) is 5. The van der Waals surface area contributed by atoms with E-state index in [0.29, 0.717) is 31.3 Å². The lowest BCUT2D eigenvalue weighted by Crippen LogP contribution is -2.48. The Morgan fingerprint density at radius 1 is 1.58 bits per heavy atom. The van der Waals surface area contributed by atoms with E-state index in [-0.39, 0.29) is 11.3 Å². The monoisotopic (exact) mass is 266 g/mol. The number of nitrogens with two attached hydrogens (primary N) is 1. The average Bonchev–Trinajstić information content (AvgIpc) is 2.93. The van der Waals surface area contributed by atoms with Crippen molar-refractivity contribution >= 4 is 5.91 Å². The highest BCUT2D eigenvalue weighted by molar-refractivity contribution is 5.83. The Morgan fingerprint density at radius 2 is 2.32 bits per heavy atom. The lowest BCUT2D eigenvalue weighted by atomic mass is 9.70. The van der Waals surface area contributed by atoms with Crippen LogP contribution in [0.25, 0.3) is 0 Å². The second-order valence-corrected chi connectivity index (χ2v) is 5.52. The second-order valence-electron chi connectivity index (χ2n) is 5.52. The Balaban J connectivity index is 1.83. The summed E-state index contributed by atoms with van der Waals surface area (Å²) in [6, 6.07) is 0. The van der Waals surface area contributed by atoms with Gasteiger partial charge in [0.2, 0.25) is 12.3 Å². The topological polar surface area (TPSA) is 94.0 Å². The number of carbonyl (C=O) groups is 1. The Kier molecular flexibility index (Phi) is 4.52. The maximum Gasteiger partial charge on any atom is 0.227 e. The number of aromatic nitrogens is 2. The maximum atomic E-state index is 12.3. The molecule has 0 atom stereocenters. The van der Waals surface area contributed by atoms with Crippen LogP contribution in [0, 0.1) is 11.3 Å². The quantitative estimate of drug-likeness (QED) is 0.825. The van der Waals surface area contributed by atoms with Gasteiger partial charge in [0.1, 0.15) is 0 Å². The lowest BCUT2D eigenvalue weighted by Gasteiger charge is -2.37. The van der Waals surface area contributed by atoms with Gasteiger partial charge in [-0.3, -0.25) is 4.79 Å². The van der Waals surface area contributed by atoms with Crippen LogP contribution in [0.5, 0.6) is 0 Å². The normalized spacial score (nSPS) is 27.2. The van der Waals surface area contributed by atoms with E-state index in [1.807, 2.05) is 0 Å². The predicted octanol–water partition coefficient (Wildman–Crippen LogP) is 0.884. The van der Waals surface area contributed by atoms with Gasteiger partial charge in [-0.1, -0.05) is 12.1 Å². The van der Waals surface area contributed by atoms with Gasteiger partial charge in [-0.15, -0.1) is 0 Å². The molecule has 0 saturated heterocycles. The molecule has 1 aliphatic rings. The first kappa shape index (κ1) is 14.0. The highest BCUT2D eigenvalue weighted by Crippen LogP contribution is 2.38. The van der Waals surface area contributed by atoms with Crippen molar-refractivity contribution in [1.82, 2.24) is 15.5 Å². The maximum absolute atomic E-state index is 12.3. The largest absolute Gasteiger partial charge is 0.355 e. The molecular weight excluding hydrogens is 244 g/mol. The molecule has 0 spiro atoms. The summed E-state index contributed by atoms with van der Waals surface area (Å²) in [6.45, 7) is 3.18. The smallest absolute Gasteiger partial charge is 0.227 e. The summed E-state index contributed by atoms with van der Waals surface area (Å²) in [7, 11) is 0. The minimum atomic E-state index is -0.371. The van der Waals surface area contributed by atoms with E-state index in [1.54, 1.807) is 0 Å². The first-order valence-electron chi connectivity index (χ1n) is 6.90. The van der Waals surface area contributed by atoms with Crippen molar-refractivity contribution in [2.45, 2.75) is 39.0 Å². The summed E-state index contributed by atoms with van der Waals surface area (Å²) in [5.41, 5.74) is 5.48. The average molecular weight is 266 g/mol. The molecule has 1 amide bonds. The van der Waals surface area contributed by atoms with Gasteiger partial charge in [-0.2, -0.15) is 4.98 Å². The summed E-state index contributed by atoms with van der Waals surface area (Å²) in [5, 5.41) is 6.67. The van der Waals surface area contributed by atoms with Gasteiger partial charge >= 0.3 is 0 Å². The molecule has 1 heterocycles. The van der Waals surface area contributed by atoms with E-state index in [1.165, 1.54) is 6.39 Å². The van der Waals surface area contributed by atoms with Gasteiger partial charge in [0.05, 0.1) is 5.41 Å². The van der Waals surface area contributed by atoms with Crippen LogP contribution in [0.15, 0.2) is 10.9 Å². The molecule has 1 fully saturated rings. The Labute approximate surface area is 113 Å². The molecule has 1 saturated carbocycles. The molecule has 6 heteroatoms. The summed E-state index contributed by atoms with van der Waals surface area (Å²) in [4.78, 5) is 16.3. The number of nitrogens with one attached hydrogen (secondary N) is 1. The minimum absolute atomic E-state index is 0.0744. The number of amides is 1. The Bertz CT molecular complexity index is 397. The van der Waals surface area contributed by atoms with E-state index < -0.39 is 0 Å². The van der Waals surface area contributed by atoms with Crippen molar-refractivity contribution in [3.8, 4) is 0 Å². The molecule has 6 nitrogen and oxygen atoms in total. The fourth-order valence-corrected chi connectivity index (χ4v) is 2.62. The highest BCUT2D eigenvalue weighted by atomic mass is 16.5. The van der Waals surface area contributed by atoms with Crippen molar-refractivity contribution in [1.29, 1.82) is 0 Å². The van der Waals surface area contributed by atoms with E-state index >= 15 is 0 Å². The summed E-state index contributed by atoms with van der Waals surface area (Å²) < 4.78 is 4.65. The van der Waals surface area contributed by atoms with Crippen molar-refractivity contribution in [3.63, 3.8) is 0 Å². The van der Waals surface area contributed by atoms with Crippen LogP contribution in [0.2, 0.25) is 0 Å². The van der Waals surface area contributed by atoms with Crippen LogP contribution < -0.4 is 11.1 Å². The first-order valence-corrected chi connectivity index (χ1v) is 6.90. The van der Waals surface area contributed by atoms with Crippen LogP contribution in [0.4, 0.5) is 0 Å². The number of rotatable bonds is 5. The second kappa shape index (κ2) is 6.14. The van der Waals surface area contributed by atoms with Gasteiger partial charge in [-0.05, 0) is 31.6 Å². The van der Waals surface area contributed by atoms with Gasteiger partial charge in [-0.25, -0.2) is 0 Å². The first-order chi connectivity index (χ1) is 9.16. The van der Waals surface area contributed by atoms with Crippen LogP contribution in [-0.2, 0) is 11.2 Å². The van der Waals surface area contributed by atoms with Crippen molar-refractivity contribution in [3.05, 3.63) is 12.2 Å². The number of nitrogens with zero attached hydrogens (tertiary/aromatic N) is 2. The predicted molar refractivity (Wildman–Crippen MR) is 70.1 cm³/mol. The Morgan fingerprint density at radius 3 is 2.89 bits per heavy atom. The van der Waals surface area contributed by atoms with Crippen molar-refractivity contribution in [2.24, 2.45) is 17.1 Å². The fourth-order valence-electron chi connectivity index (χ4n) is 2.62. The third kappa shape index (κ3) is 3.32. The molecule has 1 aliphatic carbocycles. The summed E-state index contributed by atoms with van der Waals surface area (Å²) >= 11 is 0. The molecule has 1 aromatic heterocycles. The minimum Gasteiger partial charge on any atom is -0.355 e. The summed E-state index contributed by atoms with van der Waals surface area (Å²) in [5.74, 6) is 1.39. The lowest BCUT2D eigenvalue weighted by molar-refractivity contribution is -0.132. The molecule has 0 unspecified atom stereocenters. The third-order valence-corrected chi connectivity index (χ3v) is 4.14. The van der Waals surface area contributed by atoms with Crippen molar-refractivity contribution in [2.75, 3.05) is 13.1 Å². The third-order valence-electron chi connectivity index (χ3n) is 4.14. The van der Waals surface area contributed by atoms with Crippen LogP contribution >= 0.6 is 0 Å². The van der Waals surface area contributed by atoms with Crippen molar-refractivity contribution < 1.29 is 9.32 Å². The molecule has 106 valence electrons. The number of hydrogen-bond donors (Lipinski definition) is 2. The van der Waals surface area contributed by atoms with E-state index in [9.17, 15) is 4.79 Å². The van der Waals surface area contributed by atoms with E-state index in [4.69, 9.17) is 5.73 Å². The van der Waals surface area contributed by atoms with Gasteiger partial charge < -0.3 is 15.6 Å². The highest BCUT2D eigenvalue weighted by Gasteiger charge is 2.39. The van der Waals surface area contributed by atoms with Gasteiger partial charge in [0, 0.05) is 19.5 Å². The molecule has 0 aliphatic heterocycles. The molecule has 0 radical (unpaired) electrons. The SMILES string of the molecule is CC1CCC(CN)(C(=O)NCCc2ncon2)CC1. The van der Waals surface area contributed by atoms with Gasteiger partial charge in [0.15, 0.2) is 5.82 Å². The molecule has 2 rings (SSSR count). The van der Waals surface area contributed by atoms with E-state index in [0.717, 1.165) is 25.7 Å². The zero-order valence-corrected chi connectivity index (χ0v) is 11.4. The van der Waals surface area contributed by atoms with Crippen LogP contribution in [-0.4, -0.2) is 29.1 Å². The molecule has 1 aromatic rings. The summed E-state index contributed by atoms with van der Waals surface area (Å²) in [6.07, 6.45) is 5.81. The molecule has 19 heavy (non-hydrogen) atoms. The number of carbonyl (C=O) groups excluding carboxylic acids is 1. The molecular formula is C13H22N4O2. The van der Waals surface area contributed by atoms with Crippen LogP contribution in [0.1, 0.15) is 38.4 Å². The molecule has 0 bridgehead atoms. The zero-order chi connectivity index (χ0) is 13.7. The zero-order valence-electron chi connectivity index (χ0n) is 11.4.